The number of ether oxygens (including phenoxy) is 1. The average Bonchev–Trinajstić information content (AvgIpc) is 2.68. The molecule has 19 heavy (non-hydrogen) atoms. The SMILES string of the molecule is O=C(c1s[nH]c(=O)c1Cl)N1CCOC(C2CCC2)C1. The number of carbonyl (C=O) groups is 1. The molecule has 1 amide bonds. The summed E-state index contributed by atoms with van der Waals surface area (Å²) in [7, 11) is 0. The highest BCUT2D eigenvalue weighted by atomic mass is 35.5. The van der Waals surface area contributed by atoms with E-state index in [9.17, 15) is 9.59 Å². The number of nitrogens with one attached hydrogen (secondary N) is 1. The van der Waals surface area contributed by atoms with Gasteiger partial charge in [-0.3, -0.25) is 14.0 Å². The normalized spacial score (nSPS) is 24.3. The van der Waals surface area contributed by atoms with Crippen LogP contribution < -0.4 is 5.56 Å². The summed E-state index contributed by atoms with van der Waals surface area (Å²) in [6.07, 6.45) is 3.76. The topological polar surface area (TPSA) is 62.4 Å². The fourth-order valence-corrected chi connectivity index (χ4v) is 3.52. The zero-order chi connectivity index (χ0) is 13.4. The Hall–Kier alpha value is -0.850. The van der Waals surface area contributed by atoms with E-state index in [4.69, 9.17) is 16.3 Å². The van der Waals surface area contributed by atoms with Crippen molar-refractivity contribution in [1.29, 1.82) is 0 Å². The van der Waals surface area contributed by atoms with Crippen LogP contribution in [0.15, 0.2) is 4.79 Å². The number of H-pyrrole nitrogens is 1. The second-order valence-corrected chi connectivity index (χ2v) is 6.22. The lowest BCUT2D eigenvalue weighted by Crippen LogP contribution is -2.49. The summed E-state index contributed by atoms with van der Waals surface area (Å²) in [5.74, 6) is 0.414. The fourth-order valence-electron chi connectivity index (χ4n) is 2.53. The lowest BCUT2D eigenvalue weighted by atomic mass is 9.80. The molecule has 5 nitrogen and oxygen atoms in total. The molecule has 1 aliphatic heterocycles. The van der Waals surface area contributed by atoms with Crippen LogP contribution in [0, 0.1) is 5.92 Å². The first-order chi connectivity index (χ1) is 9.16. The summed E-state index contributed by atoms with van der Waals surface area (Å²) in [4.78, 5) is 25.7. The van der Waals surface area contributed by atoms with Crippen molar-refractivity contribution < 1.29 is 9.53 Å². The molecule has 7 heteroatoms. The first-order valence-corrected chi connectivity index (χ1v) is 7.64. The summed E-state index contributed by atoms with van der Waals surface area (Å²) in [6.45, 7) is 1.72. The Labute approximate surface area is 119 Å². The van der Waals surface area contributed by atoms with E-state index in [1.807, 2.05) is 0 Å². The van der Waals surface area contributed by atoms with Gasteiger partial charge in [-0.25, -0.2) is 0 Å². The van der Waals surface area contributed by atoms with Crippen molar-refractivity contribution in [3.63, 3.8) is 0 Å². The molecule has 1 N–H and O–H groups in total. The molecule has 1 saturated heterocycles. The maximum absolute atomic E-state index is 12.3. The van der Waals surface area contributed by atoms with Gasteiger partial charge in [-0.1, -0.05) is 29.6 Å². The minimum atomic E-state index is -0.390. The molecule has 1 saturated carbocycles. The van der Waals surface area contributed by atoms with E-state index < -0.39 is 0 Å². The van der Waals surface area contributed by atoms with E-state index >= 15 is 0 Å². The largest absolute Gasteiger partial charge is 0.374 e. The molecule has 1 aromatic rings. The molecule has 0 aromatic carbocycles. The average molecular weight is 303 g/mol. The van der Waals surface area contributed by atoms with E-state index in [1.165, 1.54) is 19.3 Å². The molecule has 0 radical (unpaired) electrons. The number of amides is 1. The number of morpholine rings is 1. The highest BCUT2D eigenvalue weighted by molar-refractivity contribution is 7.08. The second-order valence-electron chi connectivity index (χ2n) is 5.03. The summed E-state index contributed by atoms with van der Waals surface area (Å²) in [6, 6.07) is 0. The lowest BCUT2D eigenvalue weighted by molar-refractivity contribution is -0.0658. The molecule has 2 fully saturated rings. The Balaban J connectivity index is 1.72. The highest BCUT2D eigenvalue weighted by Crippen LogP contribution is 2.33. The third kappa shape index (κ3) is 2.44. The maximum atomic E-state index is 12.3. The van der Waals surface area contributed by atoms with E-state index in [2.05, 4.69) is 4.37 Å². The van der Waals surface area contributed by atoms with Gasteiger partial charge in [-0.05, 0) is 18.8 Å². The molecule has 1 aliphatic carbocycles. The Morgan fingerprint density at radius 3 is 2.84 bits per heavy atom. The Morgan fingerprint density at radius 1 is 1.47 bits per heavy atom. The van der Waals surface area contributed by atoms with Crippen LogP contribution in [-0.2, 0) is 4.74 Å². The Bertz CT molecular complexity index is 537. The second kappa shape index (κ2) is 5.26. The van der Waals surface area contributed by atoms with E-state index in [0.29, 0.717) is 30.5 Å². The molecule has 1 unspecified atom stereocenters. The van der Waals surface area contributed by atoms with E-state index in [-0.39, 0.29) is 22.6 Å². The number of halogens is 1. The van der Waals surface area contributed by atoms with Crippen LogP contribution in [0.5, 0.6) is 0 Å². The number of aromatic amines is 1. The predicted octanol–water partition coefficient (Wildman–Crippen LogP) is 1.73. The van der Waals surface area contributed by atoms with Gasteiger partial charge in [0.1, 0.15) is 9.90 Å². The summed E-state index contributed by atoms with van der Waals surface area (Å²) < 4.78 is 8.23. The Kier molecular flexibility index (Phi) is 3.64. The predicted molar refractivity (Wildman–Crippen MR) is 72.9 cm³/mol. The van der Waals surface area contributed by atoms with Gasteiger partial charge in [-0.15, -0.1) is 0 Å². The van der Waals surface area contributed by atoms with Crippen LogP contribution in [0.2, 0.25) is 5.02 Å². The molecule has 2 heterocycles. The molecule has 1 atom stereocenters. The zero-order valence-corrected chi connectivity index (χ0v) is 11.9. The number of hydrogen-bond donors (Lipinski definition) is 1. The van der Waals surface area contributed by atoms with Gasteiger partial charge >= 0.3 is 0 Å². The minimum absolute atomic E-state index is 0.00156. The summed E-state index contributed by atoms with van der Waals surface area (Å²) >= 11 is 6.85. The molecule has 1 aromatic heterocycles. The smallest absolute Gasteiger partial charge is 0.277 e. The van der Waals surface area contributed by atoms with Crippen LogP contribution in [0.4, 0.5) is 0 Å². The van der Waals surface area contributed by atoms with Gasteiger partial charge in [-0.2, -0.15) is 0 Å². The molecular weight excluding hydrogens is 288 g/mol. The first-order valence-electron chi connectivity index (χ1n) is 6.44. The van der Waals surface area contributed by atoms with Crippen LogP contribution >= 0.6 is 23.1 Å². The first kappa shape index (κ1) is 13.1. The number of carbonyl (C=O) groups excluding carboxylic acids is 1. The van der Waals surface area contributed by atoms with Gasteiger partial charge in [0.25, 0.3) is 11.5 Å². The van der Waals surface area contributed by atoms with Crippen molar-refractivity contribution in [2.45, 2.75) is 25.4 Å². The van der Waals surface area contributed by atoms with Gasteiger partial charge in [0.05, 0.1) is 12.7 Å². The van der Waals surface area contributed by atoms with E-state index in [1.54, 1.807) is 4.90 Å². The van der Waals surface area contributed by atoms with Gasteiger partial charge in [0.15, 0.2) is 0 Å². The van der Waals surface area contributed by atoms with Crippen molar-refractivity contribution in [3.8, 4) is 0 Å². The highest BCUT2D eigenvalue weighted by Gasteiger charge is 2.34. The minimum Gasteiger partial charge on any atom is -0.374 e. The molecular formula is C12H15ClN2O3S. The van der Waals surface area contributed by atoms with Crippen LogP contribution in [0.1, 0.15) is 28.9 Å². The number of rotatable bonds is 2. The van der Waals surface area contributed by atoms with Gasteiger partial charge in [0.2, 0.25) is 0 Å². The molecule has 104 valence electrons. The summed E-state index contributed by atoms with van der Waals surface area (Å²) in [5.41, 5.74) is -0.390. The van der Waals surface area contributed by atoms with Crippen LogP contribution in [0.25, 0.3) is 0 Å². The zero-order valence-electron chi connectivity index (χ0n) is 10.4. The van der Waals surface area contributed by atoms with Crippen LogP contribution in [-0.4, -0.2) is 41.0 Å². The number of hydrogen-bond acceptors (Lipinski definition) is 4. The van der Waals surface area contributed by atoms with Crippen molar-refractivity contribution in [2.24, 2.45) is 5.92 Å². The van der Waals surface area contributed by atoms with Gasteiger partial charge in [0, 0.05) is 13.1 Å². The number of aromatic nitrogens is 1. The molecule has 0 spiro atoms. The third-order valence-corrected chi connectivity index (χ3v) is 5.24. The van der Waals surface area contributed by atoms with Gasteiger partial charge < -0.3 is 9.64 Å². The molecule has 0 bridgehead atoms. The van der Waals surface area contributed by atoms with E-state index in [0.717, 1.165) is 11.5 Å². The Morgan fingerprint density at radius 2 is 2.26 bits per heavy atom. The number of nitrogens with zero attached hydrogens (tertiary/aromatic N) is 1. The standard InChI is InChI=1S/C12H15ClN2O3S/c13-9-10(19-14-11(9)16)12(17)15-4-5-18-8(6-15)7-2-1-3-7/h7-8H,1-6H2,(H,14,16). The lowest BCUT2D eigenvalue weighted by Gasteiger charge is -2.40. The monoisotopic (exact) mass is 302 g/mol. The third-order valence-electron chi connectivity index (χ3n) is 3.90. The van der Waals surface area contributed by atoms with Crippen molar-refractivity contribution in [3.05, 3.63) is 20.3 Å². The van der Waals surface area contributed by atoms with Crippen molar-refractivity contribution in [2.75, 3.05) is 19.7 Å². The molecule has 3 rings (SSSR count). The maximum Gasteiger partial charge on any atom is 0.277 e. The molecule has 2 aliphatic rings. The van der Waals surface area contributed by atoms with Crippen LogP contribution in [0.3, 0.4) is 0 Å². The van der Waals surface area contributed by atoms with Crippen molar-refractivity contribution >= 4 is 29.0 Å². The quantitative estimate of drug-likeness (QED) is 0.905. The van der Waals surface area contributed by atoms with Crippen molar-refractivity contribution in [1.82, 2.24) is 9.27 Å². The summed E-state index contributed by atoms with van der Waals surface area (Å²) in [5, 5.41) is 0.00156. The fraction of sp³-hybridized carbons (Fsp3) is 0.667.